The summed E-state index contributed by atoms with van der Waals surface area (Å²) in [7, 11) is 0. The number of aryl methyl sites for hydroxylation is 1. The Kier molecular flexibility index (Phi) is 5.69. The SMILES string of the molecule is CCCNC(Cc1cccnc1)c1ncccc1CC. The van der Waals surface area contributed by atoms with Crippen molar-refractivity contribution in [3.8, 4) is 0 Å². The quantitative estimate of drug-likeness (QED) is 0.838. The molecule has 2 aromatic rings. The third-order valence-corrected chi connectivity index (χ3v) is 3.44. The molecule has 106 valence electrons. The number of nitrogens with one attached hydrogen (secondary N) is 1. The number of pyridine rings is 2. The van der Waals surface area contributed by atoms with Crippen molar-refractivity contribution in [2.75, 3.05) is 6.54 Å². The van der Waals surface area contributed by atoms with E-state index in [-0.39, 0.29) is 6.04 Å². The highest BCUT2D eigenvalue weighted by atomic mass is 14.9. The maximum atomic E-state index is 4.62. The molecule has 20 heavy (non-hydrogen) atoms. The molecule has 0 amide bonds. The number of nitrogens with zero attached hydrogens (tertiary/aromatic N) is 2. The molecular weight excluding hydrogens is 246 g/mol. The van der Waals surface area contributed by atoms with Gasteiger partial charge in [0.25, 0.3) is 0 Å². The number of hydrogen-bond acceptors (Lipinski definition) is 3. The standard InChI is InChI=1S/C17H23N3/c1-3-9-19-16(12-14-7-5-10-18-13-14)17-15(4-2)8-6-11-20-17/h5-8,10-11,13,16,19H,3-4,9,12H2,1-2H3. The van der Waals surface area contributed by atoms with Gasteiger partial charge >= 0.3 is 0 Å². The molecule has 2 heterocycles. The van der Waals surface area contributed by atoms with Crippen molar-refractivity contribution in [2.24, 2.45) is 0 Å². The van der Waals surface area contributed by atoms with Gasteiger partial charge in [-0.1, -0.05) is 26.0 Å². The van der Waals surface area contributed by atoms with Crippen molar-refractivity contribution >= 4 is 0 Å². The monoisotopic (exact) mass is 269 g/mol. The Morgan fingerprint density at radius 3 is 2.70 bits per heavy atom. The van der Waals surface area contributed by atoms with Crippen LogP contribution in [0.2, 0.25) is 0 Å². The lowest BCUT2D eigenvalue weighted by Gasteiger charge is -2.20. The zero-order chi connectivity index (χ0) is 14.2. The first-order valence-corrected chi connectivity index (χ1v) is 7.41. The van der Waals surface area contributed by atoms with Gasteiger partial charge in [0.2, 0.25) is 0 Å². The van der Waals surface area contributed by atoms with Gasteiger partial charge in [-0.05, 0) is 49.1 Å². The van der Waals surface area contributed by atoms with E-state index in [0.29, 0.717) is 0 Å². The van der Waals surface area contributed by atoms with Crippen molar-refractivity contribution in [1.29, 1.82) is 0 Å². The maximum absolute atomic E-state index is 4.62. The highest BCUT2D eigenvalue weighted by Gasteiger charge is 2.16. The van der Waals surface area contributed by atoms with E-state index in [1.165, 1.54) is 16.8 Å². The van der Waals surface area contributed by atoms with Crippen LogP contribution in [0.15, 0.2) is 42.9 Å². The van der Waals surface area contributed by atoms with Gasteiger partial charge in [-0.3, -0.25) is 9.97 Å². The number of aromatic nitrogens is 2. The van der Waals surface area contributed by atoms with E-state index in [2.05, 4.69) is 41.3 Å². The van der Waals surface area contributed by atoms with Gasteiger partial charge in [-0.25, -0.2) is 0 Å². The largest absolute Gasteiger partial charge is 0.308 e. The van der Waals surface area contributed by atoms with E-state index in [1.807, 2.05) is 30.7 Å². The Balaban J connectivity index is 2.22. The molecular formula is C17H23N3. The minimum absolute atomic E-state index is 0.260. The fourth-order valence-electron chi connectivity index (χ4n) is 2.40. The Morgan fingerprint density at radius 2 is 2.00 bits per heavy atom. The molecule has 0 aliphatic carbocycles. The highest BCUT2D eigenvalue weighted by molar-refractivity contribution is 5.25. The summed E-state index contributed by atoms with van der Waals surface area (Å²) in [5, 5.41) is 3.62. The molecule has 0 saturated carbocycles. The van der Waals surface area contributed by atoms with Crippen LogP contribution in [0.4, 0.5) is 0 Å². The van der Waals surface area contributed by atoms with Gasteiger partial charge in [0.15, 0.2) is 0 Å². The summed E-state index contributed by atoms with van der Waals surface area (Å²) in [5.41, 5.74) is 3.74. The zero-order valence-corrected chi connectivity index (χ0v) is 12.3. The van der Waals surface area contributed by atoms with Crippen LogP contribution in [-0.2, 0) is 12.8 Å². The van der Waals surface area contributed by atoms with E-state index < -0.39 is 0 Å². The van der Waals surface area contributed by atoms with Gasteiger partial charge in [-0.2, -0.15) is 0 Å². The Bertz CT molecular complexity index is 511. The van der Waals surface area contributed by atoms with E-state index in [1.54, 1.807) is 0 Å². The average molecular weight is 269 g/mol. The van der Waals surface area contributed by atoms with Crippen LogP contribution in [0.5, 0.6) is 0 Å². The number of rotatable bonds is 7. The molecule has 0 aliphatic heterocycles. The van der Waals surface area contributed by atoms with Crippen molar-refractivity contribution in [2.45, 2.75) is 39.2 Å². The first-order valence-electron chi connectivity index (χ1n) is 7.41. The summed E-state index contributed by atoms with van der Waals surface area (Å²) in [6.45, 7) is 5.37. The molecule has 1 N–H and O–H groups in total. The molecule has 0 fully saturated rings. The summed E-state index contributed by atoms with van der Waals surface area (Å²) >= 11 is 0. The summed E-state index contributed by atoms with van der Waals surface area (Å²) in [5.74, 6) is 0. The lowest BCUT2D eigenvalue weighted by Crippen LogP contribution is -2.26. The van der Waals surface area contributed by atoms with E-state index in [0.717, 1.165) is 25.8 Å². The zero-order valence-electron chi connectivity index (χ0n) is 12.3. The minimum Gasteiger partial charge on any atom is -0.308 e. The second kappa shape index (κ2) is 7.75. The van der Waals surface area contributed by atoms with Gasteiger partial charge < -0.3 is 5.32 Å². The summed E-state index contributed by atoms with van der Waals surface area (Å²) in [6.07, 6.45) is 8.71. The Morgan fingerprint density at radius 1 is 1.15 bits per heavy atom. The van der Waals surface area contributed by atoms with Gasteiger partial charge in [-0.15, -0.1) is 0 Å². The molecule has 1 unspecified atom stereocenters. The molecule has 0 spiro atoms. The molecule has 0 aliphatic rings. The molecule has 3 heteroatoms. The van der Waals surface area contributed by atoms with Crippen molar-refractivity contribution in [3.63, 3.8) is 0 Å². The summed E-state index contributed by atoms with van der Waals surface area (Å²) < 4.78 is 0. The summed E-state index contributed by atoms with van der Waals surface area (Å²) in [6, 6.07) is 8.57. The lowest BCUT2D eigenvalue weighted by atomic mass is 9.99. The van der Waals surface area contributed by atoms with Crippen LogP contribution in [0.1, 0.15) is 43.1 Å². The van der Waals surface area contributed by atoms with Gasteiger partial charge in [0.1, 0.15) is 0 Å². The van der Waals surface area contributed by atoms with Crippen LogP contribution >= 0.6 is 0 Å². The predicted molar refractivity (Wildman–Crippen MR) is 82.6 cm³/mol. The molecule has 0 radical (unpaired) electrons. The second-order valence-corrected chi connectivity index (χ2v) is 4.97. The maximum Gasteiger partial charge on any atom is 0.0608 e. The van der Waals surface area contributed by atoms with Crippen LogP contribution < -0.4 is 5.32 Å². The highest BCUT2D eigenvalue weighted by Crippen LogP contribution is 2.20. The van der Waals surface area contributed by atoms with Crippen LogP contribution in [0.3, 0.4) is 0 Å². The second-order valence-electron chi connectivity index (χ2n) is 4.97. The third-order valence-electron chi connectivity index (χ3n) is 3.44. The van der Waals surface area contributed by atoms with Crippen LogP contribution in [0.25, 0.3) is 0 Å². The smallest absolute Gasteiger partial charge is 0.0608 e. The predicted octanol–water partition coefficient (Wildman–Crippen LogP) is 3.32. The first-order chi connectivity index (χ1) is 9.85. The van der Waals surface area contributed by atoms with E-state index in [4.69, 9.17) is 0 Å². The third kappa shape index (κ3) is 3.87. The topological polar surface area (TPSA) is 37.8 Å². The van der Waals surface area contributed by atoms with Crippen molar-refractivity contribution in [1.82, 2.24) is 15.3 Å². The van der Waals surface area contributed by atoms with Crippen molar-refractivity contribution < 1.29 is 0 Å². The fraction of sp³-hybridized carbons (Fsp3) is 0.412. The van der Waals surface area contributed by atoms with Crippen LogP contribution in [0, 0.1) is 0 Å². The van der Waals surface area contributed by atoms with E-state index in [9.17, 15) is 0 Å². The number of hydrogen-bond donors (Lipinski definition) is 1. The summed E-state index contributed by atoms with van der Waals surface area (Å²) in [4.78, 5) is 8.82. The molecule has 0 bridgehead atoms. The molecule has 3 nitrogen and oxygen atoms in total. The molecule has 0 aromatic carbocycles. The van der Waals surface area contributed by atoms with E-state index >= 15 is 0 Å². The normalized spacial score (nSPS) is 12.3. The molecule has 0 saturated heterocycles. The fourth-order valence-corrected chi connectivity index (χ4v) is 2.40. The van der Waals surface area contributed by atoms with Gasteiger partial charge in [0, 0.05) is 18.6 Å². The van der Waals surface area contributed by atoms with Crippen LogP contribution in [-0.4, -0.2) is 16.5 Å². The average Bonchev–Trinajstić information content (AvgIpc) is 2.52. The Hall–Kier alpha value is -1.74. The van der Waals surface area contributed by atoms with Crippen molar-refractivity contribution in [3.05, 3.63) is 59.7 Å². The molecule has 1 atom stereocenters. The minimum atomic E-state index is 0.260. The molecule has 2 aromatic heterocycles. The Labute approximate surface area is 121 Å². The van der Waals surface area contributed by atoms with Gasteiger partial charge in [0.05, 0.1) is 11.7 Å². The lowest BCUT2D eigenvalue weighted by molar-refractivity contribution is 0.513. The molecule has 2 rings (SSSR count). The first kappa shape index (κ1) is 14.7.